The van der Waals surface area contributed by atoms with Crippen molar-refractivity contribution < 1.29 is 14.3 Å². The van der Waals surface area contributed by atoms with Crippen molar-refractivity contribution in [2.75, 3.05) is 6.54 Å². The first kappa shape index (κ1) is 17.9. The Bertz CT molecular complexity index is 630. The fraction of sp³-hybridized carbons (Fsp3) is 0.316. The van der Waals surface area contributed by atoms with Gasteiger partial charge in [0.05, 0.1) is 6.10 Å². The molecule has 4 nitrogen and oxygen atoms in total. The fourth-order valence-corrected chi connectivity index (χ4v) is 2.54. The smallest absolute Gasteiger partial charge is 0.315 e. The van der Waals surface area contributed by atoms with Crippen LogP contribution in [0.1, 0.15) is 30.4 Å². The number of nitrogens with one attached hydrogen (secondary N) is 2. The maximum Gasteiger partial charge on any atom is 0.315 e. The zero-order chi connectivity index (χ0) is 17.4. The molecule has 2 atom stereocenters. The summed E-state index contributed by atoms with van der Waals surface area (Å²) in [5.41, 5.74) is 1.91. The number of urea groups is 1. The van der Waals surface area contributed by atoms with Crippen molar-refractivity contribution >= 4 is 6.03 Å². The number of aliphatic hydroxyl groups excluding tert-OH is 1. The third kappa shape index (κ3) is 6.01. The Hall–Kier alpha value is -2.40. The second kappa shape index (κ2) is 9.03. The van der Waals surface area contributed by atoms with Crippen molar-refractivity contribution in [2.24, 2.45) is 0 Å². The molecule has 0 aliphatic carbocycles. The van der Waals surface area contributed by atoms with Gasteiger partial charge in [0.15, 0.2) is 0 Å². The lowest BCUT2D eigenvalue weighted by molar-refractivity contribution is 0.173. The van der Waals surface area contributed by atoms with Gasteiger partial charge in [0, 0.05) is 19.0 Å². The first-order valence-corrected chi connectivity index (χ1v) is 8.03. The number of benzene rings is 2. The van der Waals surface area contributed by atoms with E-state index < -0.39 is 6.10 Å². The van der Waals surface area contributed by atoms with E-state index in [9.17, 15) is 14.3 Å². The summed E-state index contributed by atoms with van der Waals surface area (Å²) in [6.07, 6.45) is 0.127. The Morgan fingerprint density at radius 3 is 2.38 bits per heavy atom. The molecule has 0 spiro atoms. The Labute approximate surface area is 141 Å². The topological polar surface area (TPSA) is 61.4 Å². The van der Waals surface area contributed by atoms with Gasteiger partial charge in [-0.2, -0.15) is 0 Å². The summed E-state index contributed by atoms with van der Waals surface area (Å²) in [4.78, 5) is 11.9. The molecular formula is C19H23FN2O2. The lowest BCUT2D eigenvalue weighted by Crippen LogP contribution is -2.37. The van der Waals surface area contributed by atoms with E-state index in [0.717, 1.165) is 11.1 Å². The number of hydrogen-bond acceptors (Lipinski definition) is 2. The van der Waals surface area contributed by atoms with Crippen LogP contribution in [0.3, 0.4) is 0 Å². The predicted octanol–water partition coefficient (Wildman–Crippen LogP) is 3.18. The zero-order valence-corrected chi connectivity index (χ0v) is 13.7. The molecule has 5 heteroatoms. The van der Waals surface area contributed by atoms with Gasteiger partial charge in [-0.1, -0.05) is 42.5 Å². The summed E-state index contributed by atoms with van der Waals surface area (Å²) in [6.45, 7) is 2.51. The lowest BCUT2D eigenvalue weighted by atomic mass is 9.93. The fourth-order valence-electron chi connectivity index (χ4n) is 2.54. The quantitative estimate of drug-likeness (QED) is 0.730. The zero-order valence-electron chi connectivity index (χ0n) is 13.7. The molecule has 2 unspecified atom stereocenters. The molecule has 0 aliphatic heterocycles. The van der Waals surface area contributed by atoms with Crippen LogP contribution in [0.2, 0.25) is 0 Å². The summed E-state index contributed by atoms with van der Waals surface area (Å²) >= 11 is 0. The van der Waals surface area contributed by atoms with Gasteiger partial charge in [-0.05, 0) is 36.6 Å². The third-order valence-corrected chi connectivity index (χ3v) is 3.77. The monoisotopic (exact) mass is 330 g/mol. The summed E-state index contributed by atoms with van der Waals surface area (Å²) in [7, 11) is 0. The molecule has 0 saturated heterocycles. The maximum absolute atomic E-state index is 12.8. The maximum atomic E-state index is 12.8. The van der Waals surface area contributed by atoms with Crippen molar-refractivity contribution in [1.82, 2.24) is 10.6 Å². The van der Waals surface area contributed by atoms with E-state index in [1.165, 1.54) is 12.1 Å². The average molecular weight is 330 g/mol. The van der Waals surface area contributed by atoms with Crippen molar-refractivity contribution in [3.63, 3.8) is 0 Å². The summed E-state index contributed by atoms with van der Waals surface area (Å²) in [5.74, 6) is -0.255. The molecule has 0 aromatic heterocycles. The number of amides is 2. The van der Waals surface area contributed by atoms with E-state index in [2.05, 4.69) is 10.6 Å². The molecule has 2 aromatic carbocycles. The minimum atomic E-state index is -0.445. The van der Waals surface area contributed by atoms with Gasteiger partial charge < -0.3 is 15.7 Å². The highest BCUT2D eigenvalue weighted by molar-refractivity contribution is 5.73. The summed E-state index contributed by atoms with van der Waals surface area (Å²) in [6, 6.07) is 15.5. The number of hydrogen-bond donors (Lipinski definition) is 3. The molecule has 2 rings (SSSR count). The Morgan fingerprint density at radius 1 is 1.08 bits per heavy atom. The number of carbonyl (C=O) groups excluding carboxylic acids is 1. The van der Waals surface area contributed by atoms with Gasteiger partial charge in [0.1, 0.15) is 5.82 Å². The predicted molar refractivity (Wildman–Crippen MR) is 92.1 cm³/mol. The van der Waals surface area contributed by atoms with Gasteiger partial charge in [0.2, 0.25) is 0 Å². The highest BCUT2D eigenvalue weighted by Crippen LogP contribution is 2.20. The molecule has 128 valence electrons. The van der Waals surface area contributed by atoms with Gasteiger partial charge in [-0.3, -0.25) is 0 Å². The van der Waals surface area contributed by atoms with Gasteiger partial charge in [-0.25, -0.2) is 9.18 Å². The van der Waals surface area contributed by atoms with E-state index in [4.69, 9.17) is 0 Å². The van der Waals surface area contributed by atoms with Crippen molar-refractivity contribution in [3.05, 3.63) is 71.5 Å². The van der Waals surface area contributed by atoms with Crippen LogP contribution in [0.4, 0.5) is 9.18 Å². The number of aliphatic hydroxyl groups is 1. The Kier molecular flexibility index (Phi) is 6.75. The minimum absolute atomic E-state index is 0.0442. The second-order valence-corrected chi connectivity index (χ2v) is 5.88. The normalized spacial score (nSPS) is 13.1. The van der Waals surface area contributed by atoms with Crippen LogP contribution < -0.4 is 10.6 Å². The van der Waals surface area contributed by atoms with Crippen LogP contribution in [-0.4, -0.2) is 23.8 Å². The molecule has 3 N–H and O–H groups in total. The molecule has 0 aliphatic rings. The number of carbonyl (C=O) groups is 1. The van der Waals surface area contributed by atoms with Crippen LogP contribution in [0.5, 0.6) is 0 Å². The standard InChI is InChI=1S/C19H23FN2O2/c1-14(23)11-17(16-5-3-2-4-6-16)13-22-19(24)21-12-15-7-9-18(20)10-8-15/h2-10,14,17,23H,11-13H2,1H3,(H2,21,22,24). The van der Waals surface area contributed by atoms with Crippen LogP contribution in [0.25, 0.3) is 0 Å². The first-order chi connectivity index (χ1) is 11.5. The summed E-state index contributed by atoms with van der Waals surface area (Å²) in [5, 5.41) is 15.2. The molecule has 24 heavy (non-hydrogen) atoms. The van der Waals surface area contributed by atoms with Gasteiger partial charge in [-0.15, -0.1) is 0 Å². The van der Waals surface area contributed by atoms with Crippen LogP contribution in [0.15, 0.2) is 54.6 Å². The molecule has 0 fully saturated rings. The molecule has 0 heterocycles. The van der Waals surface area contributed by atoms with Crippen LogP contribution >= 0.6 is 0 Å². The van der Waals surface area contributed by atoms with Gasteiger partial charge >= 0.3 is 6.03 Å². The van der Waals surface area contributed by atoms with E-state index in [0.29, 0.717) is 19.5 Å². The van der Waals surface area contributed by atoms with E-state index in [-0.39, 0.29) is 17.8 Å². The van der Waals surface area contributed by atoms with Crippen molar-refractivity contribution in [1.29, 1.82) is 0 Å². The number of halogens is 1. The highest BCUT2D eigenvalue weighted by Gasteiger charge is 2.15. The van der Waals surface area contributed by atoms with Crippen LogP contribution in [-0.2, 0) is 6.54 Å². The van der Waals surface area contributed by atoms with Crippen molar-refractivity contribution in [2.45, 2.75) is 31.9 Å². The van der Waals surface area contributed by atoms with Crippen LogP contribution in [0, 0.1) is 5.82 Å². The third-order valence-electron chi connectivity index (χ3n) is 3.77. The Balaban J connectivity index is 1.84. The molecular weight excluding hydrogens is 307 g/mol. The average Bonchev–Trinajstić information content (AvgIpc) is 2.58. The molecule has 2 aromatic rings. The van der Waals surface area contributed by atoms with Crippen molar-refractivity contribution in [3.8, 4) is 0 Å². The second-order valence-electron chi connectivity index (χ2n) is 5.88. The molecule has 0 saturated carbocycles. The molecule has 0 radical (unpaired) electrons. The van der Waals surface area contributed by atoms with Gasteiger partial charge in [0.25, 0.3) is 0 Å². The molecule has 2 amide bonds. The minimum Gasteiger partial charge on any atom is -0.393 e. The summed E-state index contributed by atoms with van der Waals surface area (Å²) < 4.78 is 12.8. The Morgan fingerprint density at radius 2 is 1.75 bits per heavy atom. The first-order valence-electron chi connectivity index (χ1n) is 8.03. The van der Waals surface area contributed by atoms with E-state index in [1.54, 1.807) is 19.1 Å². The highest BCUT2D eigenvalue weighted by atomic mass is 19.1. The largest absolute Gasteiger partial charge is 0.393 e. The van der Waals surface area contributed by atoms with E-state index in [1.807, 2.05) is 30.3 Å². The SMILES string of the molecule is CC(O)CC(CNC(=O)NCc1ccc(F)cc1)c1ccccc1. The number of rotatable bonds is 7. The molecule has 0 bridgehead atoms. The van der Waals surface area contributed by atoms with E-state index >= 15 is 0 Å². The lowest BCUT2D eigenvalue weighted by Gasteiger charge is -2.20.